The number of rotatable bonds is 4. The molecule has 0 saturated heterocycles. The average Bonchev–Trinajstić information content (AvgIpc) is 2.96. The molecule has 26 heavy (non-hydrogen) atoms. The monoisotopic (exact) mass is 448 g/mol. The maximum Gasteiger partial charge on any atom is 0.280 e. The van der Waals surface area contributed by atoms with Gasteiger partial charge in [0.2, 0.25) is 0 Å². The van der Waals surface area contributed by atoms with Crippen LogP contribution in [0, 0.1) is 25.9 Å². The van der Waals surface area contributed by atoms with Crippen molar-refractivity contribution in [2.24, 2.45) is 5.10 Å². The SMILES string of the molecule is Cc1ccc(F)c(S(=O)(=O)N(C)/N=C/c2[c-]nn3ccc(C)cc23)c1.[Y]. The zero-order valence-corrected chi connectivity index (χ0v) is 18.2. The summed E-state index contributed by atoms with van der Waals surface area (Å²) in [6.45, 7) is 3.63. The van der Waals surface area contributed by atoms with E-state index in [4.69, 9.17) is 0 Å². The fraction of sp³-hybridized carbons (Fsp3) is 0.176. The maximum atomic E-state index is 13.9. The molecule has 0 unspecified atom stereocenters. The van der Waals surface area contributed by atoms with Gasteiger partial charge < -0.3 is 4.52 Å². The molecule has 3 aromatic rings. The summed E-state index contributed by atoms with van der Waals surface area (Å²) in [5.41, 5.74) is 2.95. The van der Waals surface area contributed by atoms with E-state index >= 15 is 0 Å². The number of sulfonamides is 1. The average molecular weight is 448 g/mol. The minimum atomic E-state index is -4.09. The Balaban J connectivity index is 0.00000243. The van der Waals surface area contributed by atoms with Gasteiger partial charge in [0, 0.05) is 46.0 Å². The van der Waals surface area contributed by atoms with E-state index in [1.54, 1.807) is 17.6 Å². The first-order chi connectivity index (χ1) is 11.8. The summed E-state index contributed by atoms with van der Waals surface area (Å²) < 4.78 is 41.3. The molecule has 2 aromatic heterocycles. The first-order valence-electron chi connectivity index (χ1n) is 7.45. The van der Waals surface area contributed by atoms with Gasteiger partial charge in [0.25, 0.3) is 10.0 Å². The van der Waals surface area contributed by atoms with Gasteiger partial charge in [-0.25, -0.2) is 13.9 Å². The third kappa shape index (κ3) is 4.02. The molecule has 0 aliphatic rings. The van der Waals surface area contributed by atoms with Crippen LogP contribution in [0.3, 0.4) is 0 Å². The Morgan fingerprint density at radius 3 is 2.65 bits per heavy atom. The predicted octanol–water partition coefficient (Wildman–Crippen LogP) is 2.54. The van der Waals surface area contributed by atoms with Crippen LogP contribution >= 0.6 is 0 Å². The Morgan fingerprint density at radius 1 is 1.23 bits per heavy atom. The van der Waals surface area contributed by atoms with E-state index in [0.717, 1.165) is 21.6 Å². The maximum absolute atomic E-state index is 13.9. The van der Waals surface area contributed by atoms with Crippen molar-refractivity contribution in [3.05, 3.63) is 65.2 Å². The molecule has 1 aromatic carbocycles. The third-order valence-corrected chi connectivity index (χ3v) is 5.36. The zero-order chi connectivity index (χ0) is 18.2. The van der Waals surface area contributed by atoms with Crippen LogP contribution in [0.1, 0.15) is 16.7 Å². The normalized spacial score (nSPS) is 11.7. The smallest absolute Gasteiger partial charge is 0.280 e. The summed E-state index contributed by atoms with van der Waals surface area (Å²) in [4.78, 5) is -0.410. The zero-order valence-electron chi connectivity index (χ0n) is 14.5. The standard InChI is InChI=1S/C17H16FN4O2S.Y/c1-12-4-5-15(18)17(9-12)25(23,24)21(3)19-10-14-11-20-22-7-6-13(2)8-16(14)22;/h4-10H,1-3H3;/q-1;/b19-10+;. The Kier molecular flexibility index (Phi) is 6.31. The molecule has 0 saturated carbocycles. The summed E-state index contributed by atoms with van der Waals surface area (Å²) in [5, 5.41) is 7.99. The van der Waals surface area contributed by atoms with Crippen LogP contribution in [0.25, 0.3) is 5.52 Å². The number of hydrazone groups is 1. The van der Waals surface area contributed by atoms with Crippen LogP contribution in [0.5, 0.6) is 0 Å². The first kappa shape index (κ1) is 20.7. The predicted molar refractivity (Wildman–Crippen MR) is 92.4 cm³/mol. The summed E-state index contributed by atoms with van der Waals surface area (Å²) in [5.74, 6) is -0.814. The van der Waals surface area contributed by atoms with Crippen LogP contribution in [0.2, 0.25) is 0 Å². The minimum absolute atomic E-state index is 0. The van der Waals surface area contributed by atoms with Gasteiger partial charge in [-0.3, -0.25) is 5.10 Å². The van der Waals surface area contributed by atoms with Gasteiger partial charge in [-0.15, -0.1) is 5.56 Å². The van der Waals surface area contributed by atoms with E-state index in [2.05, 4.69) is 16.4 Å². The molecule has 0 atom stereocenters. The minimum Gasteiger partial charge on any atom is -0.306 e. The molecule has 0 fully saturated rings. The number of benzene rings is 1. The topological polar surface area (TPSA) is 67.0 Å². The second-order valence-electron chi connectivity index (χ2n) is 5.68. The summed E-state index contributed by atoms with van der Waals surface area (Å²) in [6, 6.07) is 7.70. The molecular formula is C17H16FN4O2SY-. The van der Waals surface area contributed by atoms with Crippen LogP contribution in [0.15, 0.2) is 46.5 Å². The molecular weight excluding hydrogens is 432 g/mol. The third-order valence-electron chi connectivity index (χ3n) is 3.71. The summed E-state index contributed by atoms with van der Waals surface area (Å²) in [6.07, 6.45) is 5.90. The second-order valence-corrected chi connectivity index (χ2v) is 7.60. The van der Waals surface area contributed by atoms with Crippen LogP contribution in [0.4, 0.5) is 4.39 Å². The van der Waals surface area contributed by atoms with Crippen molar-refractivity contribution in [2.45, 2.75) is 18.7 Å². The van der Waals surface area contributed by atoms with Crippen molar-refractivity contribution in [2.75, 3.05) is 7.05 Å². The van der Waals surface area contributed by atoms with E-state index in [1.165, 1.54) is 25.4 Å². The molecule has 0 aliphatic heterocycles. The van der Waals surface area contributed by atoms with Gasteiger partial charge in [0.15, 0.2) is 0 Å². The second kappa shape index (κ2) is 7.94. The number of halogens is 1. The number of nitrogens with zero attached hydrogens (tertiary/aromatic N) is 4. The molecule has 1 radical (unpaired) electrons. The van der Waals surface area contributed by atoms with Crippen molar-refractivity contribution in [1.82, 2.24) is 14.0 Å². The number of fused-ring (bicyclic) bond motifs is 1. The van der Waals surface area contributed by atoms with E-state index in [1.807, 2.05) is 19.1 Å². The molecule has 2 heterocycles. The summed E-state index contributed by atoms with van der Waals surface area (Å²) >= 11 is 0. The Morgan fingerprint density at radius 2 is 1.92 bits per heavy atom. The molecule has 3 rings (SSSR count). The number of aryl methyl sites for hydroxylation is 2. The van der Waals surface area contributed by atoms with Crippen molar-refractivity contribution < 1.29 is 45.5 Å². The molecule has 0 N–H and O–H groups in total. The van der Waals surface area contributed by atoms with Crippen LogP contribution < -0.4 is 0 Å². The van der Waals surface area contributed by atoms with Gasteiger partial charge in [0.05, 0.1) is 0 Å². The fourth-order valence-corrected chi connectivity index (χ4v) is 3.40. The molecule has 0 aliphatic carbocycles. The molecule has 0 bridgehead atoms. The van der Waals surface area contributed by atoms with Crippen molar-refractivity contribution in [3.63, 3.8) is 0 Å². The first-order valence-corrected chi connectivity index (χ1v) is 8.89. The van der Waals surface area contributed by atoms with E-state index < -0.39 is 20.7 Å². The van der Waals surface area contributed by atoms with E-state index in [0.29, 0.717) is 11.1 Å². The number of pyridine rings is 1. The Labute approximate surface area is 176 Å². The van der Waals surface area contributed by atoms with Crippen molar-refractivity contribution in [1.29, 1.82) is 0 Å². The molecule has 0 spiro atoms. The number of aromatic nitrogens is 2. The van der Waals surface area contributed by atoms with Crippen molar-refractivity contribution >= 4 is 21.8 Å². The largest absolute Gasteiger partial charge is 0.306 e. The number of hydrogen-bond donors (Lipinski definition) is 0. The quantitative estimate of drug-likeness (QED) is 0.350. The van der Waals surface area contributed by atoms with E-state index in [9.17, 15) is 12.8 Å². The Hall–Kier alpha value is -1.64. The van der Waals surface area contributed by atoms with Gasteiger partial charge in [-0.1, -0.05) is 23.9 Å². The molecule has 133 valence electrons. The summed E-state index contributed by atoms with van der Waals surface area (Å²) in [7, 11) is -2.83. The molecule has 9 heteroatoms. The van der Waals surface area contributed by atoms with Crippen LogP contribution in [-0.2, 0) is 42.7 Å². The fourth-order valence-electron chi connectivity index (χ4n) is 2.30. The molecule has 0 amide bonds. The van der Waals surface area contributed by atoms with Gasteiger partial charge >= 0.3 is 0 Å². The van der Waals surface area contributed by atoms with Gasteiger partial charge in [0.1, 0.15) is 10.7 Å². The van der Waals surface area contributed by atoms with Crippen molar-refractivity contribution in [3.8, 4) is 0 Å². The number of hydrogen-bond acceptors (Lipinski definition) is 4. The van der Waals surface area contributed by atoms with Crippen LogP contribution in [-0.4, -0.2) is 35.7 Å². The van der Waals surface area contributed by atoms with Gasteiger partial charge in [-0.2, -0.15) is 8.42 Å². The van der Waals surface area contributed by atoms with E-state index in [-0.39, 0.29) is 32.7 Å². The Bertz CT molecular complexity index is 1080. The molecule has 6 nitrogen and oxygen atoms in total. The van der Waals surface area contributed by atoms with Gasteiger partial charge in [-0.05, 0) is 49.3 Å².